The van der Waals surface area contributed by atoms with E-state index in [1.54, 1.807) is 9.34 Å². The predicted molar refractivity (Wildman–Crippen MR) is 61.5 cm³/mol. The molecule has 96 valence electrons. The van der Waals surface area contributed by atoms with Gasteiger partial charge in [-0.05, 0) is 5.53 Å². The van der Waals surface area contributed by atoms with Crippen molar-refractivity contribution in [1.29, 1.82) is 0 Å². The van der Waals surface area contributed by atoms with Crippen LogP contribution in [0.5, 0.6) is 0 Å². The summed E-state index contributed by atoms with van der Waals surface area (Å²) in [6.45, 7) is 4.23. The van der Waals surface area contributed by atoms with Crippen molar-refractivity contribution in [2.24, 2.45) is 4.88 Å². The van der Waals surface area contributed by atoms with Crippen molar-refractivity contribution >= 4 is 7.59 Å². The van der Waals surface area contributed by atoms with Crippen LogP contribution in [-0.4, -0.2) is 61.9 Å². The molecule has 2 heterocycles. The van der Waals surface area contributed by atoms with Gasteiger partial charge in [-0.2, -0.15) is 0 Å². The van der Waals surface area contributed by atoms with Crippen LogP contribution in [0.4, 0.5) is 0 Å². The normalized spacial score (nSPS) is 24.2. The fourth-order valence-electron chi connectivity index (χ4n) is 1.97. The molecule has 0 aromatic heterocycles. The molecule has 0 saturated carbocycles. The highest BCUT2D eigenvalue weighted by atomic mass is 31.2. The molecular weight excluding hydrogens is 245 g/mol. The molecular formula is C8H16N5O3P. The van der Waals surface area contributed by atoms with E-state index in [1.807, 2.05) is 0 Å². The molecule has 2 saturated heterocycles. The SMILES string of the molecule is [N-]=[N+]=NP(=O)(N1CCOCC1)N1CCOCC1. The van der Waals surface area contributed by atoms with Crippen molar-refractivity contribution in [3.63, 3.8) is 0 Å². The summed E-state index contributed by atoms with van der Waals surface area (Å²) in [5, 5.41) is 0. The summed E-state index contributed by atoms with van der Waals surface area (Å²) in [5.74, 6) is 0. The second kappa shape index (κ2) is 5.82. The molecule has 0 aromatic carbocycles. The molecule has 2 aliphatic heterocycles. The Kier molecular flexibility index (Phi) is 4.39. The van der Waals surface area contributed by atoms with Crippen LogP contribution in [0.25, 0.3) is 10.4 Å². The van der Waals surface area contributed by atoms with Gasteiger partial charge >= 0.3 is 7.59 Å². The first-order valence-corrected chi connectivity index (χ1v) is 7.17. The summed E-state index contributed by atoms with van der Waals surface area (Å²) in [4.78, 5) is 6.34. The van der Waals surface area contributed by atoms with Gasteiger partial charge in [0, 0.05) is 36.0 Å². The monoisotopic (exact) mass is 261 g/mol. The quantitative estimate of drug-likeness (QED) is 0.328. The molecule has 0 aliphatic carbocycles. The van der Waals surface area contributed by atoms with Gasteiger partial charge in [0.15, 0.2) is 0 Å². The van der Waals surface area contributed by atoms with E-state index < -0.39 is 7.59 Å². The molecule has 8 nitrogen and oxygen atoms in total. The molecule has 2 aliphatic rings. The minimum atomic E-state index is -3.16. The molecule has 0 unspecified atom stereocenters. The molecule has 2 rings (SSSR count). The molecule has 0 N–H and O–H groups in total. The summed E-state index contributed by atoms with van der Waals surface area (Å²) >= 11 is 0. The third kappa shape index (κ3) is 2.80. The number of azide groups is 1. The molecule has 0 spiro atoms. The zero-order valence-electron chi connectivity index (χ0n) is 9.56. The van der Waals surface area contributed by atoms with Crippen LogP contribution >= 0.6 is 7.59 Å². The lowest BCUT2D eigenvalue weighted by Gasteiger charge is -2.39. The summed E-state index contributed by atoms with van der Waals surface area (Å²) in [7, 11) is -3.16. The number of hydrogen-bond acceptors (Lipinski definition) is 3. The number of nitrogens with zero attached hydrogens (tertiary/aromatic N) is 5. The van der Waals surface area contributed by atoms with Crippen LogP contribution < -0.4 is 0 Å². The van der Waals surface area contributed by atoms with E-state index in [-0.39, 0.29) is 0 Å². The van der Waals surface area contributed by atoms with Gasteiger partial charge in [-0.25, -0.2) is 9.34 Å². The molecule has 17 heavy (non-hydrogen) atoms. The lowest BCUT2D eigenvalue weighted by Crippen LogP contribution is -2.42. The first-order valence-electron chi connectivity index (χ1n) is 5.60. The first kappa shape index (κ1) is 12.8. The largest absolute Gasteiger partial charge is 0.379 e. The third-order valence-electron chi connectivity index (χ3n) is 2.87. The molecule has 0 amide bonds. The number of ether oxygens (including phenoxy) is 2. The van der Waals surface area contributed by atoms with Crippen LogP contribution in [0, 0.1) is 0 Å². The first-order chi connectivity index (χ1) is 8.27. The summed E-state index contributed by atoms with van der Waals surface area (Å²) < 4.78 is 26.8. The van der Waals surface area contributed by atoms with Crippen LogP contribution in [0.1, 0.15) is 0 Å². The molecule has 2 fully saturated rings. The van der Waals surface area contributed by atoms with Crippen molar-refractivity contribution in [3.05, 3.63) is 10.4 Å². The van der Waals surface area contributed by atoms with Gasteiger partial charge in [0.05, 0.1) is 26.4 Å². The maximum absolute atomic E-state index is 12.8. The van der Waals surface area contributed by atoms with E-state index in [0.717, 1.165) is 0 Å². The molecule has 0 radical (unpaired) electrons. The molecule has 9 heteroatoms. The maximum Gasteiger partial charge on any atom is 0.303 e. The van der Waals surface area contributed by atoms with Crippen molar-refractivity contribution in [2.45, 2.75) is 0 Å². The maximum atomic E-state index is 12.8. The van der Waals surface area contributed by atoms with Gasteiger partial charge < -0.3 is 9.47 Å². The highest BCUT2D eigenvalue weighted by Gasteiger charge is 2.38. The van der Waals surface area contributed by atoms with Crippen molar-refractivity contribution in [3.8, 4) is 0 Å². The zero-order chi connectivity index (χ0) is 12.1. The predicted octanol–water partition coefficient (Wildman–Crippen LogP) is 1.07. The van der Waals surface area contributed by atoms with Crippen molar-refractivity contribution in [1.82, 2.24) is 9.34 Å². The van der Waals surface area contributed by atoms with Crippen LogP contribution in [0.3, 0.4) is 0 Å². The van der Waals surface area contributed by atoms with E-state index in [1.165, 1.54) is 0 Å². The summed E-state index contributed by atoms with van der Waals surface area (Å²) in [5.41, 5.74) is 8.63. The standard InChI is InChI=1S/C8H16N5O3P/c9-10-11-17(14,12-1-5-15-6-2-12)13-3-7-16-8-4-13/h1-8H2. The second-order valence-electron chi connectivity index (χ2n) is 3.82. The summed E-state index contributed by atoms with van der Waals surface area (Å²) in [6.07, 6.45) is 0. The van der Waals surface area contributed by atoms with E-state index >= 15 is 0 Å². The zero-order valence-corrected chi connectivity index (χ0v) is 10.5. The van der Waals surface area contributed by atoms with Gasteiger partial charge in [0.25, 0.3) is 0 Å². The van der Waals surface area contributed by atoms with Crippen molar-refractivity contribution in [2.75, 3.05) is 52.6 Å². The average Bonchev–Trinajstić information content (AvgIpc) is 2.41. The number of morpholine rings is 2. The van der Waals surface area contributed by atoms with Gasteiger partial charge in [0.2, 0.25) is 0 Å². The van der Waals surface area contributed by atoms with Crippen LogP contribution in [0.15, 0.2) is 4.88 Å². The van der Waals surface area contributed by atoms with E-state index in [2.05, 4.69) is 9.80 Å². The average molecular weight is 261 g/mol. The number of hydrogen-bond donors (Lipinski definition) is 0. The Hall–Kier alpha value is -0.620. The van der Waals surface area contributed by atoms with E-state index in [9.17, 15) is 4.57 Å². The Morgan fingerprint density at radius 2 is 1.41 bits per heavy atom. The highest BCUT2D eigenvalue weighted by Crippen LogP contribution is 2.55. The fourth-order valence-corrected chi connectivity index (χ4v) is 4.03. The minimum Gasteiger partial charge on any atom is -0.379 e. The minimum absolute atomic E-state index is 0.523. The Morgan fingerprint density at radius 1 is 1.00 bits per heavy atom. The van der Waals surface area contributed by atoms with Crippen LogP contribution in [-0.2, 0) is 14.0 Å². The molecule has 0 aromatic rings. The van der Waals surface area contributed by atoms with Gasteiger partial charge in [-0.1, -0.05) is 0 Å². The van der Waals surface area contributed by atoms with Gasteiger partial charge in [0.1, 0.15) is 0 Å². The third-order valence-corrected chi connectivity index (χ3v) is 5.46. The second-order valence-corrected chi connectivity index (χ2v) is 6.16. The van der Waals surface area contributed by atoms with Crippen molar-refractivity contribution < 1.29 is 14.0 Å². The number of rotatable bonds is 3. The summed E-state index contributed by atoms with van der Waals surface area (Å²) in [6, 6.07) is 0. The van der Waals surface area contributed by atoms with Crippen LogP contribution in [0.2, 0.25) is 0 Å². The lowest BCUT2D eigenvalue weighted by atomic mass is 10.5. The Labute approximate surface area is 99.6 Å². The highest BCUT2D eigenvalue weighted by molar-refractivity contribution is 7.57. The topological polar surface area (TPSA) is 90.8 Å². The van der Waals surface area contributed by atoms with Gasteiger partial charge in [-0.3, -0.25) is 4.57 Å². The van der Waals surface area contributed by atoms with E-state index in [0.29, 0.717) is 52.6 Å². The van der Waals surface area contributed by atoms with E-state index in [4.69, 9.17) is 15.0 Å². The lowest BCUT2D eigenvalue weighted by molar-refractivity contribution is 0.0524. The molecule has 0 bridgehead atoms. The smallest absolute Gasteiger partial charge is 0.303 e. The van der Waals surface area contributed by atoms with Gasteiger partial charge in [-0.15, -0.1) is 0 Å². The Balaban J connectivity index is 2.17. The Bertz CT molecular complexity index is 325. The Morgan fingerprint density at radius 3 is 1.76 bits per heavy atom. The molecule has 0 atom stereocenters. The fraction of sp³-hybridized carbons (Fsp3) is 1.00.